The number of nitrogens with zero attached hydrogens (tertiary/aromatic N) is 4. The number of nitro groups is 1. The number of carbonyl (C=O) groups is 1. The summed E-state index contributed by atoms with van der Waals surface area (Å²) >= 11 is 0. The molecular weight excluding hydrogens is 340 g/mol. The van der Waals surface area contributed by atoms with Crippen molar-refractivity contribution in [1.29, 1.82) is 0 Å². The maximum atomic E-state index is 11.3. The van der Waals surface area contributed by atoms with Crippen molar-refractivity contribution in [2.45, 2.75) is 64.2 Å². The zero-order valence-electron chi connectivity index (χ0n) is 15.8. The van der Waals surface area contributed by atoms with Gasteiger partial charge in [0.05, 0.1) is 12.1 Å². The molecule has 146 valence electrons. The highest BCUT2D eigenvalue weighted by Crippen LogP contribution is 2.18. The summed E-state index contributed by atoms with van der Waals surface area (Å²) in [5, 5.41) is 20.5. The van der Waals surface area contributed by atoms with Gasteiger partial charge in [-0.05, 0) is 58.5 Å². The van der Waals surface area contributed by atoms with E-state index >= 15 is 0 Å². The van der Waals surface area contributed by atoms with Crippen molar-refractivity contribution < 1.29 is 9.72 Å². The Morgan fingerprint density at radius 3 is 2.46 bits per heavy atom. The summed E-state index contributed by atoms with van der Waals surface area (Å²) in [6, 6.07) is -0.692. The summed E-state index contributed by atoms with van der Waals surface area (Å²) in [6.07, 6.45) is 5.39. The van der Waals surface area contributed by atoms with Crippen molar-refractivity contribution in [3.05, 3.63) is 27.4 Å². The van der Waals surface area contributed by atoms with E-state index in [1.54, 1.807) is 0 Å². The number of nitrogens with one attached hydrogen (secondary N) is 2. The molecule has 0 aromatic carbocycles. The van der Waals surface area contributed by atoms with Crippen LogP contribution in [0.4, 0.5) is 5.95 Å². The summed E-state index contributed by atoms with van der Waals surface area (Å²) in [5.74, 6) is -0.307. The number of aldehydes is 1. The molecule has 0 spiro atoms. The summed E-state index contributed by atoms with van der Waals surface area (Å²) in [6.45, 7) is 8.77. The second-order valence-corrected chi connectivity index (χ2v) is 7.38. The van der Waals surface area contributed by atoms with Crippen LogP contribution in [0.25, 0.3) is 0 Å². The van der Waals surface area contributed by atoms with E-state index in [-0.39, 0.29) is 12.5 Å². The predicted molar refractivity (Wildman–Crippen MR) is 97.9 cm³/mol. The SMILES string of the molecule is CC(C)(C=O)NCCCCNC(C)(C)C(Cn1ccnc1[N+](=O)[O-])N=O. The highest BCUT2D eigenvalue weighted by atomic mass is 16.6. The zero-order valence-corrected chi connectivity index (χ0v) is 15.8. The number of carbonyl (C=O) groups excluding carboxylic acids is 1. The molecular formula is C16H28N6O4. The van der Waals surface area contributed by atoms with E-state index in [1.807, 2.05) is 27.7 Å². The number of hydrogen-bond acceptors (Lipinski definition) is 8. The third-order valence-electron chi connectivity index (χ3n) is 4.25. The lowest BCUT2D eigenvalue weighted by Crippen LogP contribution is -2.50. The molecule has 0 aliphatic heterocycles. The Balaban J connectivity index is 2.48. The lowest BCUT2D eigenvalue weighted by molar-refractivity contribution is -0.396. The van der Waals surface area contributed by atoms with E-state index in [0.717, 1.165) is 19.1 Å². The first-order valence-corrected chi connectivity index (χ1v) is 8.57. The Morgan fingerprint density at radius 1 is 1.31 bits per heavy atom. The van der Waals surface area contributed by atoms with Crippen molar-refractivity contribution in [1.82, 2.24) is 20.2 Å². The third-order valence-corrected chi connectivity index (χ3v) is 4.25. The van der Waals surface area contributed by atoms with Crippen molar-refractivity contribution in [2.75, 3.05) is 13.1 Å². The van der Waals surface area contributed by atoms with Crippen LogP contribution in [0.3, 0.4) is 0 Å². The number of rotatable bonds is 13. The fourth-order valence-corrected chi connectivity index (χ4v) is 2.43. The lowest BCUT2D eigenvalue weighted by atomic mass is 9.94. The Kier molecular flexibility index (Phi) is 7.97. The smallest absolute Gasteiger partial charge is 0.390 e. The van der Waals surface area contributed by atoms with E-state index in [2.05, 4.69) is 20.8 Å². The van der Waals surface area contributed by atoms with Crippen LogP contribution < -0.4 is 10.6 Å². The van der Waals surface area contributed by atoms with E-state index in [0.29, 0.717) is 13.1 Å². The van der Waals surface area contributed by atoms with E-state index < -0.39 is 22.0 Å². The Hall–Kier alpha value is -2.20. The molecule has 0 saturated heterocycles. The van der Waals surface area contributed by atoms with Crippen molar-refractivity contribution in [2.24, 2.45) is 5.18 Å². The minimum absolute atomic E-state index is 0.0783. The van der Waals surface area contributed by atoms with Crippen LogP contribution in [0.15, 0.2) is 17.6 Å². The van der Waals surface area contributed by atoms with Gasteiger partial charge in [-0.15, -0.1) is 0 Å². The summed E-state index contributed by atoms with van der Waals surface area (Å²) < 4.78 is 1.32. The summed E-state index contributed by atoms with van der Waals surface area (Å²) in [5.41, 5.74) is -1.16. The standard InChI is InChI=1S/C16H28N6O4/c1-15(2,12-23)18-7-5-6-8-19-16(3,4)13(20-24)11-21-10-9-17-14(21)22(25)26/h9-10,12-13,18-19H,5-8,11H2,1-4H3. The largest absolute Gasteiger partial charge is 0.434 e. The molecule has 26 heavy (non-hydrogen) atoms. The normalized spacial score (nSPS) is 13.4. The Labute approximate surface area is 152 Å². The molecule has 10 nitrogen and oxygen atoms in total. The molecule has 10 heteroatoms. The monoisotopic (exact) mass is 368 g/mol. The average molecular weight is 368 g/mol. The highest BCUT2D eigenvalue weighted by molar-refractivity contribution is 5.62. The quantitative estimate of drug-likeness (QED) is 0.178. The first-order valence-electron chi connectivity index (χ1n) is 8.57. The third kappa shape index (κ3) is 6.60. The van der Waals surface area contributed by atoms with Gasteiger partial charge in [-0.3, -0.25) is 0 Å². The Morgan fingerprint density at radius 2 is 1.92 bits per heavy atom. The minimum Gasteiger partial charge on any atom is -0.390 e. The Bertz CT molecular complexity index is 614. The fourth-order valence-electron chi connectivity index (χ4n) is 2.43. The molecule has 1 unspecified atom stereocenters. The van der Waals surface area contributed by atoms with Gasteiger partial charge in [-0.2, -0.15) is 4.91 Å². The van der Waals surface area contributed by atoms with Crippen LogP contribution in [0.2, 0.25) is 0 Å². The van der Waals surface area contributed by atoms with Crippen molar-refractivity contribution in [3.8, 4) is 0 Å². The second-order valence-electron chi connectivity index (χ2n) is 7.38. The molecule has 0 bridgehead atoms. The van der Waals surface area contributed by atoms with Crippen LogP contribution in [-0.2, 0) is 11.3 Å². The van der Waals surface area contributed by atoms with Crippen LogP contribution in [0.5, 0.6) is 0 Å². The average Bonchev–Trinajstić information content (AvgIpc) is 3.04. The number of imidazole rings is 1. The molecule has 0 saturated carbocycles. The van der Waals surface area contributed by atoms with Crippen LogP contribution in [0.1, 0.15) is 40.5 Å². The summed E-state index contributed by atoms with van der Waals surface area (Å²) in [4.78, 5) is 36.1. The molecule has 0 fully saturated rings. The van der Waals surface area contributed by atoms with Crippen LogP contribution >= 0.6 is 0 Å². The van der Waals surface area contributed by atoms with Gasteiger partial charge in [0.15, 0.2) is 0 Å². The molecule has 0 amide bonds. The maximum Gasteiger partial charge on any atom is 0.434 e. The number of nitroso groups, excluding NO2 is 1. The van der Waals surface area contributed by atoms with E-state index in [4.69, 9.17) is 0 Å². The highest BCUT2D eigenvalue weighted by Gasteiger charge is 2.33. The first-order chi connectivity index (χ1) is 12.1. The van der Waals surface area contributed by atoms with E-state index in [9.17, 15) is 19.8 Å². The maximum absolute atomic E-state index is 11.3. The molecule has 1 aromatic rings. The summed E-state index contributed by atoms with van der Waals surface area (Å²) in [7, 11) is 0. The molecule has 0 aliphatic rings. The second kappa shape index (κ2) is 9.48. The van der Waals surface area contributed by atoms with Crippen LogP contribution in [-0.4, -0.2) is 51.0 Å². The van der Waals surface area contributed by atoms with Gasteiger partial charge in [0.1, 0.15) is 24.7 Å². The fraction of sp³-hybridized carbons (Fsp3) is 0.750. The topological polar surface area (TPSA) is 132 Å². The molecule has 0 aliphatic carbocycles. The van der Waals surface area contributed by atoms with Gasteiger partial charge >= 0.3 is 5.95 Å². The van der Waals surface area contributed by atoms with Gasteiger partial charge in [-0.25, -0.2) is 4.57 Å². The first kappa shape index (κ1) is 21.8. The van der Waals surface area contributed by atoms with Crippen LogP contribution in [0, 0.1) is 15.0 Å². The molecule has 1 aromatic heterocycles. The predicted octanol–water partition coefficient (Wildman–Crippen LogP) is 1.64. The van der Waals surface area contributed by atoms with Crippen molar-refractivity contribution in [3.63, 3.8) is 0 Å². The number of hydrogen-bond donors (Lipinski definition) is 2. The van der Waals surface area contributed by atoms with Gasteiger partial charge < -0.3 is 25.5 Å². The zero-order chi connectivity index (χ0) is 19.8. The van der Waals surface area contributed by atoms with Gasteiger partial charge in [-0.1, -0.05) is 10.2 Å². The molecule has 1 atom stereocenters. The van der Waals surface area contributed by atoms with Gasteiger partial charge in [0.25, 0.3) is 0 Å². The molecule has 1 heterocycles. The lowest BCUT2D eigenvalue weighted by Gasteiger charge is -2.30. The minimum atomic E-state index is -0.692. The molecule has 2 N–H and O–H groups in total. The van der Waals surface area contributed by atoms with Gasteiger partial charge in [0, 0.05) is 5.54 Å². The number of unbranched alkanes of at least 4 members (excludes halogenated alkanes) is 1. The van der Waals surface area contributed by atoms with Gasteiger partial charge in [0.2, 0.25) is 0 Å². The van der Waals surface area contributed by atoms with Crippen molar-refractivity contribution >= 4 is 12.2 Å². The number of aromatic nitrogens is 2. The van der Waals surface area contributed by atoms with E-state index in [1.165, 1.54) is 17.0 Å². The molecule has 1 rings (SSSR count). The molecule has 0 radical (unpaired) electrons.